The Morgan fingerprint density at radius 1 is 0.479 bits per heavy atom. The van der Waals surface area contributed by atoms with Crippen LogP contribution in [-0.2, 0) is 17.3 Å². The van der Waals surface area contributed by atoms with Gasteiger partial charge in [-0.3, -0.25) is 0 Å². The summed E-state index contributed by atoms with van der Waals surface area (Å²) in [6.07, 6.45) is 2.45. The summed E-state index contributed by atoms with van der Waals surface area (Å²) in [7, 11) is 0. The van der Waals surface area contributed by atoms with Crippen LogP contribution in [-0.4, -0.2) is 0 Å². The van der Waals surface area contributed by atoms with Gasteiger partial charge in [0.2, 0.25) is 0 Å². The Bertz CT molecular complexity index is 1790. The van der Waals surface area contributed by atoms with E-state index < -0.39 is 0 Å². The van der Waals surface area contributed by atoms with Crippen LogP contribution < -0.4 is 0 Å². The largest absolute Gasteiger partial charge is 0.0683 e. The van der Waals surface area contributed by atoms with Gasteiger partial charge in [-0.25, -0.2) is 0 Å². The minimum Gasteiger partial charge on any atom is -0.0683 e. The monoisotopic (exact) mass is 638 g/mol. The van der Waals surface area contributed by atoms with Gasteiger partial charge in [-0.15, -0.1) is 0 Å². The van der Waals surface area contributed by atoms with Crippen LogP contribution in [0.15, 0.2) is 97.1 Å². The summed E-state index contributed by atoms with van der Waals surface area (Å²) in [6.45, 7) is 30.8. The van der Waals surface area contributed by atoms with E-state index in [1.165, 1.54) is 90.7 Å². The molecule has 5 aromatic rings. The van der Waals surface area contributed by atoms with E-state index in [2.05, 4.69) is 166 Å². The molecule has 0 atom stereocenters. The molecule has 0 saturated heterocycles. The highest BCUT2D eigenvalue weighted by Crippen LogP contribution is 2.50. The Hall–Kier alpha value is -3.90. The van der Waals surface area contributed by atoms with E-state index in [0.717, 1.165) is 0 Å². The van der Waals surface area contributed by atoms with E-state index in [9.17, 15) is 0 Å². The number of hydrogen-bond acceptors (Lipinski definition) is 0. The second-order valence-corrected chi connectivity index (χ2v) is 14.4. The van der Waals surface area contributed by atoms with Gasteiger partial charge < -0.3 is 0 Å². The second kappa shape index (κ2) is 16.5. The molecule has 0 amide bonds. The summed E-state index contributed by atoms with van der Waals surface area (Å²) in [5, 5.41) is 0. The molecule has 0 radical (unpaired) electrons. The van der Waals surface area contributed by atoms with Crippen LogP contribution in [0.25, 0.3) is 33.4 Å². The van der Waals surface area contributed by atoms with Gasteiger partial charge in [0.15, 0.2) is 0 Å². The number of fused-ring (bicyclic) bond motifs is 3. The van der Waals surface area contributed by atoms with Crippen molar-refractivity contribution in [1.82, 2.24) is 0 Å². The molecule has 0 spiro atoms. The molecule has 1 aliphatic carbocycles. The summed E-state index contributed by atoms with van der Waals surface area (Å²) in [5.74, 6) is 0. The van der Waals surface area contributed by atoms with Gasteiger partial charge in [0.05, 0.1) is 0 Å². The third kappa shape index (κ3) is 8.20. The lowest BCUT2D eigenvalue weighted by atomic mass is 9.80. The van der Waals surface area contributed by atoms with Crippen LogP contribution in [0.2, 0.25) is 0 Å². The van der Waals surface area contributed by atoms with Crippen molar-refractivity contribution in [3.63, 3.8) is 0 Å². The molecule has 0 unspecified atom stereocenters. The first kappa shape index (κ1) is 38.5. The first-order valence-electron chi connectivity index (χ1n) is 18.3. The third-order valence-corrected chi connectivity index (χ3v) is 9.57. The highest BCUT2D eigenvalue weighted by molar-refractivity contribution is 5.87. The first-order chi connectivity index (χ1) is 22.8. The molecule has 0 bridgehead atoms. The fraction of sp³-hybridized carbons (Fsp3) is 0.375. The van der Waals surface area contributed by atoms with Gasteiger partial charge in [0, 0.05) is 5.41 Å². The zero-order valence-electron chi connectivity index (χ0n) is 32.7. The molecule has 0 heteroatoms. The zero-order chi connectivity index (χ0) is 35.8. The van der Waals surface area contributed by atoms with Gasteiger partial charge in [-0.1, -0.05) is 167 Å². The topological polar surface area (TPSA) is 0 Å². The lowest BCUT2D eigenvalue weighted by Gasteiger charge is -2.23. The predicted molar refractivity (Wildman–Crippen MR) is 216 cm³/mol. The SMILES string of the molecule is CC.CC.CCCc1ccccc1.Cc1ccc(C(C)(C)C)cc1-c1cc(C)c(-c2cc3c(cc2C)C(C)(C)c2ccccc2-3)cc1C. The smallest absolute Gasteiger partial charge is 0.0158 e. The van der Waals surface area contributed by atoms with E-state index in [0.29, 0.717) is 0 Å². The van der Waals surface area contributed by atoms with E-state index in [-0.39, 0.29) is 10.8 Å². The summed E-state index contributed by atoms with van der Waals surface area (Å²) in [4.78, 5) is 0. The van der Waals surface area contributed by atoms with Crippen molar-refractivity contribution in [3.8, 4) is 33.4 Å². The molecule has 254 valence electrons. The Morgan fingerprint density at radius 2 is 0.979 bits per heavy atom. The molecule has 0 aliphatic heterocycles. The standard InChI is InChI=1S/C35H38.C9H12.2C2H6/c1-21-14-15-25(34(5,6)7)19-29(21)27-16-23(3)28(17-22(27)2)30-20-31-26-12-10-11-13-32(26)35(8,9)33(31)18-24(30)4;1-2-6-9-7-4-3-5-8-9;2*1-2/h10-20H,1-9H3;3-5,7-8H,2,6H2,1H3;2*1-2H3. The second-order valence-electron chi connectivity index (χ2n) is 14.4. The van der Waals surface area contributed by atoms with Crippen LogP contribution in [0.4, 0.5) is 0 Å². The molecule has 0 saturated carbocycles. The summed E-state index contributed by atoms with van der Waals surface area (Å²) in [6, 6.07) is 36.2. The Morgan fingerprint density at radius 3 is 1.54 bits per heavy atom. The fourth-order valence-electron chi connectivity index (χ4n) is 6.85. The van der Waals surface area contributed by atoms with Crippen LogP contribution in [0.5, 0.6) is 0 Å². The van der Waals surface area contributed by atoms with Crippen LogP contribution in [0, 0.1) is 27.7 Å². The van der Waals surface area contributed by atoms with Gasteiger partial charge >= 0.3 is 0 Å². The van der Waals surface area contributed by atoms with E-state index in [1.54, 1.807) is 0 Å². The highest BCUT2D eigenvalue weighted by atomic mass is 14.4. The molecule has 0 heterocycles. The van der Waals surface area contributed by atoms with Crippen molar-refractivity contribution in [2.75, 3.05) is 0 Å². The van der Waals surface area contributed by atoms with Crippen molar-refractivity contribution in [1.29, 1.82) is 0 Å². The van der Waals surface area contributed by atoms with Crippen molar-refractivity contribution in [2.24, 2.45) is 0 Å². The summed E-state index contributed by atoms with van der Waals surface area (Å²) >= 11 is 0. The Balaban J connectivity index is 0.000000409. The van der Waals surface area contributed by atoms with Gasteiger partial charge in [0.1, 0.15) is 0 Å². The molecule has 0 nitrogen and oxygen atoms in total. The highest BCUT2D eigenvalue weighted by Gasteiger charge is 2.35. The summed E-state index contributed by atoms with van der Waals surface area (Å²) in [5.41, 5.74) is 19.4. The zero-order valence-corrected chi connectivity index (χ0v) is 32.7. The lowest BCUT2D eigenvalue weighted by molar-refractivity contribution is 0.590. The molecule has 5 aromatic carbocycles. The number of hydrogen-bond donors (Lipinski definition) is 0. The minimum atomic E-state index is 0.0413. The van der Waals surface area contributed by atoms with E-state index in [1.807, 2.05) is 27.7 Å². The quantitative estimate of drug-likeness (QED) is 0.184. The van der Waals surface area contributed by atoms with Gasteiger partial charge in [-0.05, 0) is 123 Å². The molecular weight excluding hydrogens is 577 g/mol. The van der Waals surface area contributed by atoms with Crippen molar-refractivity contribution in [3.05, 3.63) is 142 Å². The lowest BCUT2D eigenvalue weighted by Crippen LogP contribution is -2.15. The summed E-state index contributed by atoms with van der Waals surface area (Å²) < 4.78 is 0. The van der Waals surface area contributed by atoms with Crippen molar-refractivity contribution >= 4 is 0 Å². The Kier molecular flexibility index (Phi) is 13.2. The van der Waals surface area contributed by atoms with E-state index >= 15 is 0 Å². The maximum atomic E-state index is 2.45. The maximum absolute atomic E-state index is 2.45. The van der Waals surface area contributed by atoms with E-state index in [4.69, 9.17) is 0 Å². The Labute approximate surface area is 294 Å². The number of rotatable bonds is 4. The molecule has 1 aliphatic rings. The van der Waals surface area contributed by atoms with Crippen LogP contribution in [0.3, 0.4) is 0 Å². The van der Waals surface area contributed by atoms with Crippen LogP contribution >= 0.6 is 0 Å². The van der Waals surface area contributed by atoms with Crippen LogP contribution in [0.1, 0.15) is 120 Å². The molecule has 48 heavy (non-hydrogen) atoms. The molecule has 0 aromatic heterocycles. The molecule has 0 fully saturated rings. The third-order valence-electron chi connectivity index (χ3n) is 9.57. The minimum absolute atomic E-state index is 0.0413. The molecular formula is C48H62. The fourth-order valence-corrected chi connectivity index (χ4v) is 6.85. The average Bonchev–Trinajstić information content (AvgIpc) is 3.29. The predicted octanol–water partition coefficient (Wildman–Crippen LogP) is 14.5. The van der Waals surface area contributed by atoms with Crippen molar-refractivity contribution in [2.45, 2.75) is 121 Å². The van der Waals surface area contributed by atoms with Gasteiger partial charge in [0.25, 0.3) is 0 Å². The number of aryl methyl sites for hydroxylation is 5. The number of benzene rings is 5. The normalized spacial score (nSPS) is 12.3. The van der Waals surface area contributed by atoms with Crippen molar-refractivity contribution < 1.29 is 0 Å². The average molecular weight is 639 g/mol. The first-order valence-corrected chi connectivity index (χ1v) is 18.3. The molecule has 0 N–H and O–H groups in total. The molecule has 6 rings (SSSR count). The van der Waals surface area contributed by atoms with Gasteiger partial charge in [-0.2, -0.15) is 0 Å². The maximum Gasteiger partial charge on any atom is 0.0158 e.